The molecule has 1 heterocycles. The lowest BCUT2D eigenvalue weighted by Crippen LogP contribution is -2.06. The highest BCUT2D eigenvalue weighted by atomic mass is 16.3. The average molecular weight is 151 g/mol. The van der Waals surface area contributed by atoms with Crippen LogP contribution in [0.15, 0.2) is 23.0 Å². The van der Waals surface area contributed by atoms with Crippen molar-refractivity contribution in [2.24, 2.45) is 11.1 Å². The first-order valence-electron chi connectivity index (χ1n) is 3.91. The van der Waals surface area contributed by atoms with Crippen molar-refractivity contribution >= 4 is 0 Å². The van der Waals surface area contributed by atoms with Gasteiger partial charge in [-0.1, -0.05) is 13.8 Å². The van der Waals surface area contributed by atoms with Crippen LogP contribution in [-0.2, 0) is 0 Å². The number of nitrogens with two attached hydrogens (primary N) is 1. The molecule has 0 unspecified atom stereocenters. The van der Waals surface area contributed by atoms with E-state index in [-0.39, 0.29) is 5.41 Å². The van der Waals surface area contributed by atoms with Crippen LogP contribution in [0.3, 0.4) is 0 Å². The lowest BCUT2D eigenvalue weighted by molar-refractivity contribution is 0.558. The summed E-state index contributed by atoms with van der Waals surface area (Å²) in [5.74, 6) is 0.501. The van der Waals surface area contributed by atoms with Crippen molar-refractivity contribution in [3.63, 3.8) is 0 Å². The Hall–Kier alpha value is -0.760. The normalized spacial score (nSPS) is 33.7. The van der Waals surface area contributed by atoms with E-state index in [0.29, 0.717) is 12.0 Å². The second-order valence-corrected chi connectivity index (χ2v) is 3.88. The molecule has 2 N–H and O–H groups in total. The molecule has 0 radical (unpaired) electrons. The maximum absolute atomic E-state index is 5.89. The highest BCUT2D eigenvalue weighted by Crippen LogP contribution is 2.57. The summed E-state index contributed by atoms with van der Waals surface area (Å²) < 4.78 is 5.00. The minimum Gasteiger partial charge on any atom is -0.472 e. The minimum absolute atomic E-state index is 0.268. The molecule has 11 heavy (non-hydrogen) atoms. The quantitative estimate of drug-likeness (QED) is 0.663. The zero-order valence-corrected chi connectivity index (χ0v) is 6.87. The molecule has 0 aromatic carbocycles. The van der Waals surface area contributed by atoms with Gasteiger partial charge in [0, 0.05) is 12.0 Å². The van der Waals surface area contributed by atoms with Crippen molar-refractivity contribution in [1.29, 1.82) is 0 Å². The van der Waals surface area contributed by atoms with E-state index in [1.165, 1.54) is 5.56 Å². The minimum atomic E-state index is 0.268. The van der Waals surface area contributed by atoms with E-state index < -0.39 is 0 Å². The van der Waals surface area contributed by atoms with E-state index in [4.69, 9.17) is 10.2 Å². The highest BCUT2D eigenvalue weighted by molar-refractivity contribution is 5.30. The number of hydrogen-bond acceptors (Lipinski definition) is 2. The van der Waals surface area contributed by atoms with Gasteiger partial charge in [-0.25, -0.2) is 0 Å². The second-order valence-electron chi connectivity index (χ2n) is 3.88. The van der Waals surface area contributed by atoms with Crippen LogP contribution in [0, 0.1) is 5.41 Å². The predicted molar refractivity (Wildman–Crippen MR) is 43.2 cm³/mol. The van der Waals surface area contributed by atoms with E-state index >= 15 is 0 Å². The standard InChI is InChI=1S/C9H13NO/c1-9(2)7(8(9)10)6-3-4-11-5-6/h3-5,7-8H,10H2,1-2H3/t7-,8-/m0/s1. The summed E-state index contributed by atoms with van der Waals surface area (Å²) in [6.45, 7) is 4.38. The smallest absolute Gasteiger partial charge is 0.0938 e. The van der Waals surface area contributed by atoms with Crippen LogP contribution < -0.4 is 5.73 Å². The van der Waals surface area contributed by atoms with Gasteiger partial charge in [0.15, 0.2) is 0 Å². The topological polar surface area (TPSA) is 39.2 Å². The van der Waals surface area contributed by atoms with Crippen molar-refractivity contribution in [2.45, 2.75) is 25.8 Å². The summed E-state index contributed by atoms with van der Waals surface area (Å²) in [5.41, 5.74) is 7.40. The molecule has 1 aliphatic carbocycles. The summed E-state index contributed by atoms with van der Waals surface area (Å²) in [5, 5.41) is 0. The number of furan rings is 1. The second kappa shape index (κ2) is 1.89. The zero-order chi connectivity index (χ0) is 8.06. The first kappa shape index (κ1) is 6.92. The van der Waals surface area contributed by atoms with Gasteiger partial charge in [-0.15, -0.1) is 0 Å². The molecule has 0 bridgehead atoms. The molecule has 2 heteroatoms. The molecule has 0 amide bonds. The third-order valence-electron chi connectivity index (χ3n) is 2.81. The number of hydrogen-bond donors (Lipinski definition) is 1. The maximum Gasteiger partial charge on any atom is 0.0938 e. The molecule has 2 nitrogen and oxygen atoms in total. The van der Waals surface area contributed by atoms with Gasteiger partial charge in [-0.3, -0.25) is 0 Å². The largest absolute Gasteiger partial charge is 0.472 e. The molecule has 1 fully saturated rings. The third-order valence-corrected chi connectivity index (χ3v) is 2.81. The number of rotatable bonds is 1. The molecular weight excluding hydrogens is 138 g/mol. The van der Waals surface area contributed by atoms with Crippen LogP contribution in [0.5, 0.6) is 0 Å². The monoisotopic (exact) mass is 151 g/mol. The molecule has 2 atom stereocenters. The Morgan fingerprint density at radius 2 is 2.18 bits per heavy atom. The first-order valence-corrected chi connectivity index (χ1v) is 3.91. The Bertz CT molecular complexity index is 251. The Labute approximate surface area is 66.4 Å². The van der Waals surface area contributed by atoms with Crippen LogP contribution in [0.2, 0.25) is 0 Å². The molecule has 2 rings (SSSR count). The van der Waals surface area contributed by atoms with E-state index in [2.05, 4.69) is 13.8 Å². The van der Waals surface area contributed by atoms with Gasteiger partial charge in [0.1, 0.15) is 0 Å². The predicted octanol–water partition coefficient (Wildman–Crippen LogP) is 1.73. The first-order chi connectivity index (χ1) is 5.14. The van der Waals surface area contributed by atoms with Crippen LogP contribution in [0.1, 0.15) is 25.3 Å². The van der Waals surface area contributed by atoms with Crippen LogP contribution in [0.25, 0.3) is 0 Å². The van der Waals surface area contributed by atoms with E-state index in [9.17, 15) is 0 Å². The van der Waals surface area contributed by atoms with Gasteiger partial charge in [-0.05, 0) is 17.0 Å². The third kappa shape index (κ3) is 0.824. The van der Waals surface area contributed by atoms with Gasteiger partial charge >= 0.3 is 0 Å². The molecule has 1 aromatic rings. The molecule has 1 saturated carbocycles. The highest BCUT2D eigenvalue weighted by Gasteiger charge is 2.56. The van der Waals surface area contributed by atoms with Gasteiger partial charge in [-0.2, -0.15) is 0 Å². The summed E-state index contributed by atoms with van der Waals surface area (Å²) in [6.07, 6.45) is 3.50. The lowest BCUT2D eigenvalue weighted by Gasteiger charge is -1.97. The van der Waals surface area contributed by atoms with E-state index in [1.807, 2.05) is 6.07 Å². The van der Waals surface area contributed by atoms with Crippen molar-refractivity contribution in [3.8, 4) is 0 Å². The fourth-order valence-electron chi connectivity index (χ4n) is 1.77. The van der Waals surface area contributed by atoms with Crippen LogP contribution >= 0.6 is 0 Å². The Balaban J connectivity index is 2.23. The van der Waals surface area contributed by atoms with Crippen LogP contribution in [0.4, 0.5) is 0 Å². The summed E-state index contributed by atoms with van der Waals surface area (Å²) in [4.78, 5) is 0. The Morgan fingerprint density at radius 1 is 1.55 bits per heavy atom. The fourth-order valence-corrected chi connectivity index (χ4v) is 1.77. The molecule has 0 spiro atoms. The van der Waals surface area contributed by atoms with Crippen molar-refractivity contribution < 1.29 is 4.42 Å². The lowest BCUT2D eigenvalue weighted by atomic mass is 10.1. The van der Waals surface area contributed by atoms with Crippen molar-refractivity contribution in [1.82, 2.24) is 0 Å². The van der Waals surface area contributed by atoms with E-state index in [0.717, 1.165) is 0 Å². The average Bonchev–Trinajstić information content (AvgIpc) is 2.40. The Kier molecular flexibility index (Phi) is 1.19. The zero-order valence-electron chi connectivity index (χ0n) is 6.87. The summed E-state index contributed by atoms with van der Waals surface area (Å²) in [6, 6.07) is 2.30. The fraction of sp³-hybridized carbons (Fsp3) is 0.556. The van der Waals surface area contributed by atoms with Crippen molar-refractivity contribution in [3.05, 3.63) is 24.2 Å². The molecule has 1 aliphatic rings. The van der Waals surface area contributed by atoms with Gasteiger partial charge in [0.05, 0.1) is 12.5 Å². The van der Waals surface area contributed by atoms with Gasteiger partial charge in [0.25, 0.3) is 0 Å². The molecular formula is C9H13NO. The van der Waals surface area contributed by atoms with Gasteiger partial charge < -0.3 is 10.2 Å². The maximum atomic E-state index is 5.89. The molecule has 60 valence electrons. The molecule has 0 saturated heterocycles. The summed E-state index contributed by atoms with van der Waals surface area (Å²) in [7, 11) is 0. The van der Waals surface area contributed by atoms with Crippen molar-refractivity contribution in [2.75, 3.05) is 0 Å². The molecule has 0 aliphatic heterocycles. The van der Waals surface area contributed by atoms with Gasteiger partial charge in [0.2, 0.25) is 0 Å². The SMILES string of the molecule is CC1(C)[C@@H](N)[C@@H]1c1ccoc1. The summed E-state index contributed by atoms with van der Waals surface area (Å²) >= 11 is 0. The van der Waals surface area contributed by atoms with Crippen LogP contribution in [-0.4, -0.2) is 6.04 Å². The Morgan fingerprint density at radius 3 is 2.55 bits per heavy atom. The molecule has 1 aromatic heterocycles. The van der Waals surface area contributed by atoms with E-state index in [1.54, 1.807) is 12.5 Å².